The number of aromatic amines is 1. The number of nitrogens with zero attached hydrogens (tertiary/aromatic N) is 2. The van der Waals surface area contributed by atoms with Crippen molar-refractivity contribution in [1.29, 1.82) is 0 Å². The minimum atomic E-state index is -0.0168. The van der Waals surface area contributed by atoms with Crippen molar-refractivity contribution < 1.29 is 4.79 Å². The van der Waals surface area contributed by atoms with E-state index >= 15 is 0 Å². The number of imidazole rings is 1. The second kappa shape index (κ2) is 5.62. The van der Waals surface area contributed by atoms with Gasteiger partial charge in [-0.05, 0) is 19.5 Å². The van der Waals surface area contributed by atoms with Crippen LogP contribution in [0.2, 0.25) is 0 Å². The van der Waals surface area contributed by atoms with Gasteiger partial charge in [0.2, 0.25) is 11.9 Å². The molecule has 16 heavy (non-hydrogen) atoms. The van der Waals surface area contributed by atoms with Gasteiger partial charge < -0.3 is 10.3 Å². The maximum absolute atomic E-state index is 11.7. The number of carbonyl (C=O) groups excluding carboxylic acids is 1. The van der Waals surface area contributed by atoms with Crippen molar-refractivity contribution in [1.82, 2.24) is 20.2 Å². The molecule has 6 nitrogen and oxygen atoms in total. The van der Waals surface area contributed by atoms with Crippen LogP contribution in [-0.2, 0) is 4.79 Å². The molecule has 0 spiro atoms. The van der Waals surface area contributed by atoms with Gasteiger partial charge in [-0.1, -0.05) is 0 Å². The molecule has 1 fully saturated rings. The summed E-state index contributed by atoms with van der Waals surface area (Å²) in [7, 11) is 0. The Balaban J connectivity index is 1.77. The van der Waals surface area contributed by atoms with E-state index in [9.17, 15) is 4.79 Å². The first kappa shape index (κ1) is 11.1. The van der Waals surface area contributed by atoms with Crippen molar-refractivity contribution in [3.8, 4) is 0 Å². The quantitative estimate of drug-likeness (QED) is 0.654. The third-order valence-corrected chi connectivity index (χ3v) is 2.56. The molecule has 0 radical (unpaired) electrons. The van der Waals surface area contributed by atoms with Crippen molar-refractivity contribution in [3.63, 3.8) is 0 Å². The zero-order valence-corrected chi connectivity index (χ0v) is 9.20. The molecule has 0 aromatic carbocycles. The van der Waals surface area contributed by atoms with Crippen LogP contribution in [0.15, 0.2) is 12.4 Å². The van der Waals surface area contributed by atoms with Crippen LogP contribution >= 0.6 is 0 Å². The van der Waals surface area contributed by atoms with Gasteiger partial charge >= 0.3 is 0 Å². The Morgan fingerprint density at radius 2 is 2.44 bits per heavy atom. The van der Waals surface area contributed by atoms with Crippen molar-refractivity contribution in [2.24, 2.45) is 0 Å². The first-order valence-electron chi connectivity index (χ1n) is 5.57. The number of aromatic nitrogens is 2. The zero-order chi connectivity index (χ0) is 11.2. The van der Waals surface area contributed by atoms with Crippen molar-refractivity contribution in [2.45, 2.75) is 6.42 Å². The van der Waals surface area contributed by atoms with Crippen LogP contribution in [0.25, 0.3) is 0 Å². The maximum atomic E-state index is 11.7. The van der Waals surface area contributed by atoms with E-state index in [1.807, 2.05) is 0 Å². The monoisotopic (exact) mass is 223 g/mol. The highest BCUT2D eigenvalue weighted by Crippen LogP contribution is 1.98. The number of H-pyrrole nitrogens is 1. The molecule has 0 bridgehead atoms. The number of anilines is 1. The Kier molecular flexibility index (Phi) is 3.90. The normalized spacial score (nSPS) is 18.0. The van der Waals surface area contributed by atoms with E-state index < -0.39 is 0 Å². The summed E-state index contributed by atoms with van der Waals surface area (Å²) in [5.74, 6) is 0.495. The lowest BCUT2D eigenvalue weighted by molar-refractivity contribution is -0.117. The van der Waals surface area contributed by atoms with E-state index in [0.717, 1.165) is 32.6 Å². The molecular weight excluding hydrogens is 206 g/mol. The van der Waals surface area contributed by atoms with Gasteiger partial charge in [-0.15, -0.1) is 0 Å². The fraction of sp³-hybridized carbons (Fsp3) is 0.600. The minimum absolute atomic E-state index is 0.0168. The van der Waals surface area contributed by atoms with Gasteiger partial charge in [0.05, 0.1) is 6.54 Å². The van der Waals surface area contributed by atoms with Gasteiger partial charge in [0.15, 0.2) is 0 Å². The standard InChI is InChI=1S/C10H17N5O/c16-9(14-10-12-3-4-13-10)8-15-6-1-2-11-5-7-15/h3-4,11H,1-2,5-8H2,(H2,12,13,14,16). The molecule has 1 aromatic heterocycles. The Morgan fingerprint density at radius 1 is 1.50 bits per heavy atom. The lowest BCUT2D eigenvalue weighted by Crippen LogP contribution is -2.35. The Bertz CT molecular complexity index is 316. The predicted molar refractivity (Wildman–Crippen MR) is 61.1 cm³/mol. The summed E-state index contributed by atoms with van der Waals surface area (Å²) in [5, 5.41) is 6.03. The van der Waals surface area contributed by atoms with Crippen LogP contribution in [-0.4, -0.2) is 53.5 Å². The van der Waals surface area contributed by atoms with Gasteiger partial charge in [0, 0.05) is 25.5 Å². The van der Waals surface area contributed by atoms with E-state index in [2.05, 4.69) is 25.5 Å². The second-order valence-electron chi connectivity index (χ2n) is 3.87. The smallest absolute Gasteiger partial charge is 0.240 e. The van der Waals surface area contributed by atoms with Crippen LogP contribution in [0.1, 0.15) is 6.42 Å². The molecule has 2 rings (SSSR count). The second-order valence-corrected chi connectivity index (χ2v) is 3.87. The number of nitrogens with one attached hydrogen (secondary N) is 3. The molecule has 0 atom stereocenters. The Labute approximate surface area is 94.4 Å². The zero-order valence-electron chi connectivity index (χ0n) is 9.20. The van der Waals surface area contributed by atoms with E-state index in [1.165, 1.54) is 0 Å². The summed E-state index contributed by atoms with van der Waals surface area (Å²) in [6.07, 6.45) is 4.39. The topological polar surface area (TPSA) is 73.1 Å². The molecule has 1 aliphatic heterocycles. The summed E-state index contributed by atoms with van der Waals surface area (Å²) in [4.78, 5) is 20.6. The SMILES string of the molecule is O=C(CN1CCCNCC1)Nc1ncc[nH]1. The lowest BCUT2D eigenvalue weighted by atomic mass is 10.4. The molecule has 0 saturated carbocycles. The third kappa shape index (κ3) is 3.32. The largest absolute Gasteiger partial charge is 0.331 e. The summed E-state index contributed by atoms with van der Waals surface area (Å²) < 4.78 is 0. The van der Waals surface area contributed by atoms with Crippen LogP contribution in [0.5, 0.6) is 0 Å². The summed E-state index contributed by atoms with van der Waals surface area (Å²) in [5.41, 5.74) is 0. The van der Waals surface area contributed by atoms with Crippen LogP contribution in [0, 0.1) is 0 Å². The predicted octanol–water partition coefficient (Wildman–Crippen LogP) is -0.356. The van der Waals surface area contributed by atoms with Gasteiger partial charge in [0.25, 0.3) is 0 Å². The Hall–Kier alpha value is -1.40. The highest BCUT2D eigenvalue weighted by atomic mass is 16.2. The van der Waals surface area contributed by atoms with Crippen molar-refractivity contribution in [2.75, 3.05) is 38.0 Å². The fourth-order valence-electron chi connectivity index (χ4n) is 1.77. The van der Waals surface area contributed by atoms with Crippen molar-refractivity contribution >= 4 is 11.9 Å². The number of amides is 1. The molecule has 0 unspecified atom stereocenters. The molecule has 1 aliphatic rings. The molecular formula is C10H17N5O. The van der Waals surface area contributed by atoms with E-state index in [4.69, 9.17) is 0 Å². The third-order valence-electron chi connectivity index (χ3n) is 2.56. The number of carbonyl (C=O) groups is 1. The highest BCUT2D eigenvalue weighted by molar-refractivity contribution is 5.90. The summed E-state index contributed by atoms with van der Waals surface area (Å²) in [6.45, 7) is 4.32. The fourth-order valence-corrected chi connectivity index (χ4v) is 1.77. The molecule has 0 aliphatic carbocycles. The number of hydrogen-bond donors (Lipinski definition) is 3. The summed E-state index contributed by atoms with van der Waals surface area (Å²) in [6, 6.07) is 0. The molecule has 88 valence electrons. The van der Waals surface area contributed by atoms with Crippen LogP contribution in [0.3, 0.4) is 0 Å². The molecule has 1 aromatic rings. The van der Waals surface area contributed by atoms with E-state index in [1.54, 1.807) is 12.4 Å². The first-order valence-corrected chi connectivity index (χ1v) is 5.57. The van der Waals surface area contributed by atoms with E-state index in [-0.39, 0.29) is 5.91 Å². The Morgan fingerprint density at radius 3 is 3.25 bits per heavy atom. The van der Waals surface area contributed by atoms with E-state index in [0.29, 0.717) is 12.5 Å². The molecule has 6 heteroatoms. The molecule has 2 heterocycles. The van der Waals surface area contributed by atoms with Gasteiger partial charge in [-0.3, -0.25) is 15.0 Å². The average molecular weight is 223 g/mol. The molecule has 1 amide bonds. The van der Waals surface area contributed by atoms with Gasteiger partial charge in [0.1, 0.15) is 0 Å². The average Bonchev–Trinajstić information content (AvgIpc) is 2.62. The van der Waals surface area contributed by atoms with Crippen LogP contribution in [0.4, 0.5) is 5.95 Å². The highest BCUT2D eigenvalue weighted by Gasteiger charge is 2.12. The number of hydrogen-bond acceptors (Lipinski definition) is 4. The summed E-state index contributed by atoms with van der Waals surface area (Å²) >= 11 is 0. The van der Waals surface area contributed by atoms with Crippen molar-refractivity contribution in [3.05, 3.63) is 12.4 Å². The van der Waals surface area contributed by atoms with Gasteiger partial charge in [-0.2, -0.15) is 0 Å². The number of rotatable bonds is 3. The minimum Gasteiger partial charge on any atom is -0.331 e. The van der Waals surface area contributed by atoms with Crippen LogP contribution < -0.4 is 10.6 Å². The maximum Gasteiger partial charge on any atom is 0.240 e. The van der Waals surface area contributed by atoms with Gasteiger partial charge in [-0.25, -0.2) is 4.98 Å². The lowest BCUT2D eigenvalue weighted by Gasteiger charge is -2.17. The molecule has 1 saturated heterocycles. The molecule has 3 N–H and O–H groups in total. The first-order chi connectivity index (χ1) is 7.84.